The molecule has 0 radical (unpaired) electrons. The number of aromatic nitrogens is 2. The van der Waals surface area contributed by atoms with Gasteiger partial charge in [0.05, 0.1) is 11.6 Å². The van der Waals surface area contributed by atoms with Crippen molar-refractivity contribution in [3.8, 4) is 0 Å². The number of aryl methyl sites for hydroxylation is 1. The van der Waals surface area contributed by atoms with Crippen LogP contribution in [0.15, 0.2) is 48.8 Å². The summed E-state index contributed by atoms with van der Waals surface area (Å²) in [5, 5.41) is 3.23. The Bertz CT molecular complexity index is 926. The van der Waals surface area contributed by atoms with E-state index in [-0.39, 0.29) is 11.9 Å². The molecule has 2 heterocycles. The molecule has 128 valence electrons. The number of hydrogen-bond acceptors (Lipinski definition) is 2. The van der Waals surface area contributed by atoms with Gasteiger partial charge in [-0.3, -0.25) is 4.79 Å². The highest BCUT2D eigenvalue weighted by Crippen LogP contribution is 2.30. The molecule has 1 N–H and O–H groups in total. The quantitative estimate of drug-likeness (QED) is 0.778. The molecule has 3 aromatic rings. The molecule has 0 spiro atoms. The molecule has 0 bridgehead atoms. The Morgan fingerprint density at radius 1 is 1.24 bits per heavy atom. The zero-order valence-electron chi connectivity index (χ0n) is 14.7. The first-order chi connectivity index (χ1) is 12.1. The summed E-state index contributed by atoms with van der Waals surface area (Å²) >= 11 is 0. The van der Waals surface area contributed by atoms with Gasteiger partial charge in [-0.05, 0) is 48.4 Å². The molecular weight excluding hydrogens is 310 g/mol. The molecule has 1 aliphatic carbocycles. The number of nitrogens with zero attached hydrogens (tertiary/aromatic N) is 2. The van der Waals surface area contributed by atoms with Crippen LogP contribution in [0.4, 0.5) is 0 Å². The van der Waals surface area contributed by atoms with E-state index in [4.69, 9.17) is 0 Å². The van der Waals surface area contributed by atoms with Gasteiger partial charge in [0, 0.05) is 18.1 Å². The maximum Gasteiger partial charge on any atom is 0.255 e. The lowest BCUT2D eigenvalue weighted by Gasteiger charge is -2.26. The Morgan fingerprint density at radius 2 is 2.08 bits per heavy atom. The highest BCUT2D eigenvalue weighted by atomic mass is 16.1. The minimum absolute atomic E-state index is 0.0439. The molecule has 4 heteroatoms. The van der Waals surface area contributed by atoms with E-state index >= 15 is 0 Å². The molecule has 4 nitrogen and oxygen atoms in total. The van der Waals surface area contributed by atoms with Gasteiger partial charge in [-0.1, -0.05) is 38.1 Å². The molecule has 1 amide bonds. The summed E-state index contributed by atoms with van der Waals surface area (Å²) in [7, 11) is 0. The predicted octanol–water partition coefficient (Wildman–Crippen LogP) is 4.27. The average Bonchev–Trinajstić information content (AvgIpc) is 3.06. The van der Waals surface area contributed by atoms with Crippen molar-refractivity contribution < 1.29 is 4.79 Å². The van der Waals surface area contributed by atoms with Crippen molar-refractivity contribution in [3.63, 3.8) is 0 Å². The lowest BCUT2D eigenvalue weighted by Crippen LogP contribution is -2.31. The SMILES string of the molecule is CC(C)c1ccnc2c(C(=O)N[C@H]3CCCc4ccccc43)ccn12. The van der Waals surface area contributed by atoms with Crippen LogP contribution >= 0.6 is 0 Å². The molecule has 2 aromatic heterocycles. The lowest BCUT2D eigenvalue weighted by molar-refractivity contribution is 0.0934. The summed E-state index contributed by atoms with van der Waals surface area (Å²) in [6.45, 7) is 4.29. The van der Waals surface area contributed by atoms with Gasteiger partial charge in [0.15, 0.2) is 0 Å². The van der Waals surface area contributed by atoms with Crippen LogP contribution in [-0.2, 0) is 6.42 Å². The molecule has 0 saturated carbocycles. The standard InChI is InChI=1S/C21H23N3O/c1-14(2)19-10-12-22-20-17(11-13-24(19)20)21(25)23-18-9-5-7-15-6-3-4-8-16(15)18/h3-4,6,8,10-14,18H,5,7,9H2,1-2H3,(H,23,25)/t18-/m0/s1. The highest BCUT2D eigenvalue weighted by Gasteiger charge is 2.23. The first-order valence-electron chi connectivity index (χ1n) is 9.00. The molecule has 0 fully saturated rings. The van der Waals surface area contributed by atoms with E-state index in [1.807, 2.05) is 28.8 Å². The van der Waals surface area contributed by atoms with E-state index in [9.17, 15) is 4.79 Å². The third kappa shape index (κ3) is 2.82. The van der Waals surface area contributed by atoms with Crippen LogP contribution < -0.4 is 5.32 Å². The minimum atomic E-state index is -0.0439. The fourth-order valence-electron chi connectivity index (χ4n) is 3.82. The normalized spacial score (nSPS) is 16.8. The number of benzene rings is 1. The Morgan fingerprint density at radius 3 is 2.92 bits per heavy atom. The largest absolute Gasteiger partial charge is 0.345 e. The second-order valence-corrected chi connectivity index (χ2v) is 7.06. The summed E-state index contributed by atoms with van der Waals surface area (Å²) in [4.78, 5) is 17.4. The molecular formula is C21H23N3O. The van der Waals surface area contributed by atoms with Crippen molar-refractivity contribution in [2.24, 2.45) is 0 Å². The number of carbonyl (C=O) groups is 1. The Labute approximate surface area is 147 Å². The van der Waals surface area contributed by atoms with Crippen LogP contribution in [0.2, 0.25) is 0 Å². The zero-order chi connectivity index (χ0) is 17.4. The molecule has 1 atom stereocenters. The maximum absolute atomic E-state index is 12.9. The van der Waals surface area contributed by atoms with Gasteiger partial charge < -0.3 is 9.72 Å². The van der Waals surface area contributed by atoms with Crippen molar-refractivity contribution in [1.82, 2.24) is 14.7 Å². The monoisotopic (exact) mass is 333 g/mol. The average molecular weight is 333 g/mol. The summed E-state index contributed by atoms with van der Waals surface area (Å²) in [5.74, 6) is 0.330. The van der Waals surface area contributed by atoms with Crippen molar-refractivity contribution >= 4 is 11.6 Å². The lowest BCUT2D eigenvalue weighted by atomic mass is 9.87. The highest BCUT2D eigenvalue weighted by molar-refractivity contribution is 6.00. The van der Waals surface area contributed by atoms with Crippen molar-refractivity contribution in [2.75, 3.05) is 0 Å². The van der Waals surface area contributed by atoms with Gasteiger partial charge in [0.1, 0.15) is 5.65 Å². The zero-order valence-corrected chi connectivity index (χ0v) is 14.7. The Balaban J connectivity index is 1.65. The second-order valence-electron chi connectivity index (χ2n) is 7.06. The molecule has 1 aromatic carbocycles. The van der Waals surface area contributed by atoms with E-state index in [0.717, 1.165) is 30.6 Å². The van der Waals surface area contributed by atoms with Crippen LogP contribution in [-0.4, -0.2) is 15.3 Å². The Kier molecular flexibility index (Phi) is 4.04. The van der Waals surface area contributed by atoms with Gasteiger partial charge in [0.25, 0.3) is 5.91 Å². The number of nitrogens with one attached hydrogen (secondary N) is 1. The van der Waals surface area contributed by atoms with Crippen LogP contribution in [0.25, 0.3) is 5.65 Å². The third-order valence-corrected chi connectivity index (χ3v) is 5.09. The maximum atomic E-state index is 12.9. The second kappa shape index (κ2) is 6.36. The Hall–Kier alpha value is -2.62. The minimum Gasteiger partial charge on any atom is -0.345 e. The van der Waals surface area contributed by atoms with Gasteiger partial charge in [-0.2, -0.15) is 0 Å². The molecule has 0 saturated heterocycles. The number of hydrogen-bond donors (Lipinski definition) is 1. The van der Waals surface area contributed by atoms with E-state index in [1.165, 1.54) is 11.1 Å². The first-order valence-corrected chi connectivity index (χ1v) is 9.00. The van der Waals surface area contributed by atoms with Gasteiger partial charge in [-0.25, -0.2) is 4.98 Å². The van der Waals surface area contributed by atoms with Crippen LogP contribution in [0, 0.1) is 0 Å². The third-order valence-electron chi connectivity index (χ3n) is 5.09. The molecule has 0 aliphatic heterocycles. The van der Waals surface area contributed by atoms with E-state index < -0.39 is 0 Å². The van der Waals surface area contributed by atoms with Crippen LogP contribution in [0.5, 0.6) is 0 Å². The number of rotatable bonds is 3. The van der Waals surface area contributed by atoms with Crippen molar-refractivity contribution in [1.29, 1.82) is 0 Å². The van der Waals surface area contributed by atoms with E-state index in [2.05, 4.69) is 42.3 Å². The predicted molar refractivity (Wildman–Crippen MR) is 98.9 cm³/mol. The summed E-state index contributed by atoms with van der Waals surface area (Å²) in [5.41, 5.74) is 5.13. The van der Waals surface area contributed by atoms with Crippen LogP contribution in [0.1, 0.15) is 65.8 Å². The van der Waals surface area contributed by atoms with Crippen LogP contribution in [0.3, 0.4) is 0 Å². The number of amides is 1. The fourth-order valence-corrected chi connectivity index (χ4v) is 3.82. The summed E-state index contributed by atoms with van der Waals surface area (Å²) < 4.78 is 2.02. The molecule has 0 unspecified atom stereocenters. The fraction of sp³-hybridized carbons (Fsp3) is 0.333. The van der Waals surface area contributed by atoms with Crippen molar-refractivity contribution in [3.05, 3.63) is 71.2 Å². The molecule has 4 rings (SSSR count). The van der Waals surface area contributed by atoms with Gasteiger partial charge in [-0.15, -0.1) is 0 Å². The molecule has 1 aliphatic rings. The summed E-state index contributed by atoms with van der Waals surface area (Å²) in [6.07, 6.45) is 6.92. The first kappa shape index (κ1) is 15.9. The number of fused-ring (bicyclic) bond motifs is 2. The summed E-state index contributed by atoms with van der Waals surface area (Å²) in [6, 6.07) is 12.4. The topological polar surface area (TPSA) is 46.4 Å². The van der Waals surface area contributed by atoms with E-state index in [1.54, 1.807) is 6.20 Å². The van der Waals surface area contributed by atoms with E-state index in [0.29, 0.717) is 11.5 Å². The molecule has 25 heavy (non-hydrogen) atoms. The number of carbonyl (C=O) groups excluding carboxylic acids is 1. The smallest absolute Gasteiger partial charge is 0.255 e. The van der Waals surface area contributed by atoms with Gasteiger partial charge >= 0.3 is 0 Å². The van der Waals surface area contributed by atoms with Crippen molar-refractivity contribution in [2.45, 2.75) is 45.1 Å². The van der Waals surface area contributed by atoms with Gasteiger partial charge in [0.2, 0.25) is 0 Å².